The Labute approximate surface area is 139 Å². The smallest absolute Gasteiger partial charge is 0.00732 e. The molecule has 0 heteroatoms. The zero-order valence-electron chi connectivity index (χ0n) is 14.0. The third kappa shape index (κ3) is 3.37. The first-order valence-electron chi connectivity index (χ1n) is 8.60. The Kier molecular flexibility index (Phi) is 4.92. The van der Waals surface area contributed by atoms with Gasteiger partial charge in [-0.1, -0.05) is 93.1 Å². The lowest BCUT2D eigenvalue weighted by Crippen LogP contribution is -1.96. The van der Waals surface area contributed by atoms with Crippen LogP contribution in [0, 0.1) is 0 Å². The van der Waals surface area contributed by atoms with Gasteiger partial charge in [0, 0.05) is 0 Å². The fourth-order valence-corrected chi connectivity index (χ4v) is 3.27. The average Bonchev–Trinajstić information content (AvgIpc) is 2.62. The summed E-state index contributed by atoms with van der Waals surface area (Å²) >= 11 is 0. The Morgan fingerprint density at radius 1 is 0.696 bits per heavy atom. The summed E-state index contributed by atoms with van der Waals surface area (Å²) in [4.78, 5) is 0. The van der Waals surface area contributed by atoms with Gasteiger partial charge in [0.1, 0.15) is 0 Å². The largest absolute Gasteiger partial charge is 0.0651 e. The van der Waals surface area contributed by atoms with E-state index in [1.165, 1.54) is 39.8 Å². The van der Waals surface area contributed by atoms with Gasteiger partial charge < -0.3 is 0 Å². The van der Waals surface area contributed by atoms with Crippen molar-refractivity contribution in [2.75, 3.05) is 0 Å². The SMILES string of the molecule is CCCc1cc(CC)c(-c2ccccc2)c(-c2ccccc2)c1. The lowest BCUT2D eigenvalue weighted by Gasteiger charge is -2.17. The van der Waals surface area contributed by atoms with Crippen LogP contribution in [0.5, 0.6) is 0 Å². The Balaban J connectivity index is 2.27. The summed E-state index contributed by atoms with van der Waals surface area (Å²) in [6, 6.07) is 26.4. The second kappa shape index (κ2) is 7.28. The van der Waals surface area contributed by atoms with Gasteiger partial charge in [0.05, 0.1) is 0 Å². The highest BCUT2D eigenvalue weighted by Gasteiger charge is 2.13. The molecular weight excluding hydrogens is 276 g/mol. The van der Waals surface area contributed by atoms with Crippen molar-refractivity contribution in [2.24, 2.45) is 0 Å². The van der Waals surface area contributed by atoms with Gasteiger partial charge in [-0.2, -0.15) is 0 Å². The molecule has 23 heavy (non-hydrogen) atoms. The maximum Gasteiger partial charge on any atom is -0.00732 e. The highest BCUT2D eigenvalue weighted by atomic mass is 14.2. The molecule has 3 rings (SSSR count). The van der Waals surface area contributed by atoms with Gasteiger partial charge in [0.15, 0.2) is 0 Å². The van der Waals surface area contributed by atoms with Crippen LogP contribution in [-0.2, 0) is 12.8 Å². The maximum absolute atomic E-state index is 2.40. The molecule has 0 heterocycles. The van der Waals surface area contributed by atoms with Crippen LogP contribution in [0.4, 0.5) is 0 Å². The lowest BCUT2D eigenvalue weighted by atomic mass is 9.87. The molecule has 0 atom stereocenters. The molecule has 0 aliphatic heterocycles. The van der Waals surface area contributed by atoms with Crippen LogP contribution < -0.4 is 0 Å². The van der Waals surface area contributed by atoms with Crippen LogP contribution in [0.25, 0.3) is 22.3 Å². The predicted octanol–water partition coefficient (Wildman–Crippen LogP) is 6.54. The van der Waals surface area contributed by atoms with E-state index in [1.54, 1.807) is 0 Å². The zero-order valence-corrected chi connectivity index (χ0v) is 14.0. The first-order chi connectivity index (χ1) is 11.3. The van der Waals surface area contributed by atoms with Gasteiger partial charge in [-0.05, 0) is 46.2 Å². The van der Waals surface area contributed by atoms with E-state index in [9.17, 15) is 0 Å². The van der Waals surface area contributed by atoms with Crippen LogP contribution >= 0.6 is 0 Å². The lowest BCUT2D eigenvalue weighted by molar-refractivity contribution is 0.918. The minimum Gasteiger partial charge on any atom is -0.0651 e. The molecule has 116 valence electrons. The number of benzene rings is 3. The fraction of sp³-hybridized carbons (Fsp3) is 0.217. The normalized spacial score (nSPS) is 10.7. The van der Waals surface area contributed by atoms with Crippen LogP contribution in [0.1, 0.15) is 31.4 Å². The Hall–Kier alpha value is -2.34. The van der Waals surface area contributed by atoms with E-state index >= 15 is 0 Å². The van der Waals surface area contributed by atoms with Crippen molar-refractivity contribution in [3.05, 3.63) is 83.9 Å². The quantitative estimate of drug-likeness (QED) is 0.502. The summed E-state index contributed by atoms with van der Waals surface area (Å²) in [7, 11) is 0. The van der Waals surface area contributed by atoms with E-state index in [-0.39, 0.29) is 0 Å². The van der Waals surface area contributed by atoms with E-state index in [0.29, 0.717) is 0 Å². The third-order valence-corrected chi connectivity index (χ3v) is 4.35. The van der Waals surface area contributed by atoms with Crippen molar-refractivity contribution < 1.29 is 0 Å². The molecule has 0 aliphatic carbocycles. The second-order valence-electron chi connectivity index (χ2n) is 6.01. The average molecular weight is 300 g/mol. The number of aryl methyl sites for hydroxylation is 2. The fourth-order valence-electron chi connectivity index (χ4n) is 3.27. The topological polar surface area (TPSA) is 0 Å². The summed E-state index contributed by atoms with van der Waals surface area (Å²) < 4.78 is 0. The molecule has 0 nitrogen and oxygen atoms in total. The Morgan fingerprint density at radius 3 is 1.87 bits per heavy atom. The van der Waals surface area contributed by atoms with E-state index < -0.39 is 0 Å². The molecule has 3 aromatic rings. The molecule has 0 radical (unpaired) electrons. The van der Waals surface area contributed by atoms with Crippen LogP contribution in [0.3, 0.4) is 0 Å². The van der Waals surface area contributed by atoms with Gasteiger partial charge >= 0.3 is 0 Å². The summed E-state index contributed by atoms with van der Waals surface area (Å²) in [5.74, 6) is 0. The minimum absolute atomic E-state index is 1.06. The molecular formula is C23H24. The molecule has 0 unspecified atom stereocenters. The molecule has 3 aromatic carbocycles. The highest BCUT2D eigenvalue weighted by molar-refractivity contribution is 5.86. The van der Waals surface area contributed by atoms with E-state index in [1.807, 2.05) is 0 Å². The molecule has 0 aliphatic rings. The van der Waals surface area contributed by atoms with E-state index in [4.69, 9.17) is 0 Å². The Morgan fingerprint density at radius 2 is 1.30 bits per heavy atom. The molecule has 0 amide bonds. The molecule has 0 bridgehead atoms. The second-order valence-corrected chi connectivity index (χ2v) is 6.01. The first-order valence-corrected chi connectivity index (χ1v) is 8.60. The van der Waals surface area contributed by atoms with Crippen molar-refractivity contribution in [1.82, 2.24) is 0 Å². The van der Waals surface area contributed by atoms with Gasteiger partial charge in [0.25, 0.3) is 0 Å². The molecule has 0 saturated heterocycles. The van der Waals surface area contributed by atoms with E-state index in [0.717, 1.165) is 12.8 Å². The standard InChI is InChI=1S/C23H24/c1-3-11-18-16-19(4-2)23(21-14-9-6-10-15-21)22(17-18)20-12-7-5-8-13-20/h5-10,12-17H,3-4,11H2,1-2H3. The number of hydrogen-bond donors (Lipinski definition) is 0. The van der Waals surface area contributed by atoms with Crippen molar-refractivity contribution >= 4 is 0 Å². The summed E-state index contributed by atoms with van der Waals surface area (Å²) in [6.07, 6.45) is 3.38. The molecule has 0 saturated carbocycles. The van der Waals surface area contributed by atoms with Crippen LogP contribution in [0.15, 0.2) is 72.8 Å². The molecule has 0 aromatic heterocycles. The summed E-state index contributed by atoms with van der Waals surface area (Å²) in [5, 5.41) is 0. The van der Waals surface area contributed by atoms with Gasteiger partial charge in [-0.25, -0.2) is 0 Å². The summed E-state index contributed by atoms with van der Waals surface area (Å²) in [6.45, 7) is 4.51. The van der Waals surface area contributed by atoms with Crippen molar-refractivity contribution in [3.8, 4) is 22.3 Å². The minimum atomic E-state index is 1.06. The zero-order chi connectivity index (χ0) is 16.1. The highest BCUT2D eigenvalue weighted by Crippen LogP contribution is 2.36. The first kappa shape index (κ1) is 15.6. The summed E-state index contributed by atoms with van der Waals surface area (Å²) in [5.41, 5.74) is 8.26. The van der Waals surface area contributed by atoms with Gasteiger partial charge in [-0.3, -0.25) is 0 Å². The monoisotopic (exact) mass is 300 g/mol. The maximum atomic E-state index is 2.40. The van der Waals surface area contributed by atoms with Crippen LogP contribution in [0.2, 0.25) is 0 Å². The van der Waals surface area contributed by atoms with Gasteiger partial charge in [0.2, 0.25) is 0 Å². The van der Waals surface area contributed by atoms with E-state index in [2.05, 4.69) is 86.6 Å². The van der Waals surface area contributed by atoms with Crippen LogP contribution in [-0.4, -0.2) is 0 Å². The number of rotatable bonds is 5. The third-order valence-electron chi connectivity index (χ3n) is 4.35. The molecule has 0 fully saturated rings. The van der Waals surface area contributed by atoms with Gasteiger partial charge in [-0.15, -0.1) is 0 Å². The van der Waals surface area contributed by atoms with Crippen molar-refractivity contribution in [2.45, 2.75) is 33.1 Å². The molecule has 0 spiro atoms. The Bertz CT molecular complexity index is 755. The van der Waals surface area contributed by atoms with Crippen molar-refractivity contribution in [3.63, 3.8) is 0 Å². The van der Waals surface area contributed by atoms with Crippen molar-refractivity contribution in [1.29, 1.82) is 0 Å². The predicted molar refractivity (Wildman–Crippen MR) is 101 cm³/mol. The molecule has 0 N–H and O–H groups in total. The number of hydrogen-bond acceptors (Lipinski definition) is 0.